The van der Waals surface area contributed by atoms with E-state index < -0.39 is 0 Å². The molecule has 0 saturated heterocycles. The smallest absolute Gasteiger partial charge is 0.119 e. The third-order valence-corrected chi connectivity index (χ3v) is 1.86. The van der Waals surface area contributed by atoms with Crippen molar-refractivity contribution in [2.45, 2.75) is 26.3 Å². The first-order valence-corrected chi connectivity index (χ1v) is 4.72. The number of nitrogens with two attached hydrogens (primary N) is 1. The number of rotatable bonds is 4. The van der Waals surface area contributed by atoms with Crippen molar-refractivity contribution in [3.8, 4) is 5.75 Å². The van der Waals surface area contributed by atoms with E-state index in [4.69, 9.17) is 10.5 Å². The van der Waals surface area contributed by atoms with Crippen LogP contribution in [-0.4, -0.2) is 6.61 Å². The first-order chi connectivity index (χ1) is 6.24. The molecule has 1 atom stereocenters. The van der Waals surface area contributed by atoms with E-state index in [-0.39, 0.29) is 6.04 Å². The molecule has 1 rings (SSSR count). The fourth-order valence-electron chi connectivity index (χ4n) is 1.11. The van der Waals surface area contributed by atoms with Crippen molar-refractivity contribution in [3.05, 3.63) is 29.8 Å². The molecule has 0 aromatic heterocycles. The maximum atomic E-state index is 5.76. The van der Waals surface area contributed by atoms with Crippen LogP contribution in [0, 0.1) is 0 Å². The maximum Gasteiger partial charge on any atom is 0.119 e. The summed E-state index contributed by atoms with van der Waals surface area (Å²) in [5.41, 5.74) is 6.87. The zero-order valence-corrected chi connectivity index (χ0v) is 8.29. The van der Waals surface area contributed by atoms with Gasteiger partial charge in [-0.1, -0.05) is 19.1 Å². The maximum absolute atomic E-state index is 5.76. The van der Waals surface area contributed by atoms with E-state index >= 15 is 0 Å². The lowest BCUT2D eigenvalue weighted by molar-refractivity contribution is 0.317. The van der Waals surface area contributed by atoms with Crippen LogP contribution in [0.5, 0.6) is 5.75 Å². The van der Waals surface area contributed by atoms with Gasteiger partial charge in [0.2, 0.25) is 0 Å². The molecule has 0 fully saturated rings. The third-order valence-electron chi connectivity index (χ3n) is 1.86. The molecule has 0 radical (unpaired) electrons. The average Bonchev–Trinajstić information content (AvgIpc) is 2.15. The van der Waals surface area contributed by atoms with Gasteiger partial charge >= 0.3 is 0 Å². The normalized spacial score (nSPS) is 12.5. The lowest BCUT2D eigenvalue weighted by atomic mass is 10.1. The van der Waals surface area contributed by atoms with Gasteiger partial charge in [0.05, 0.1) is 6.61 Å². The predicted molar refractivity (Wildman–Crippen MR) is 54.8 cm³/mol. The molecule has 0 aliphatic carbocycles. The standard InChI is InChI=1S/C11H17NO/c1-3-7-13-11-6-4-5-10(8-11)9(2)12/h4-6,8-9H,3,7,12H2,1-2H3/t9-/m1/s1. The summed E-state index contributed by atoms with van der Waals surface area (Å²) in [4.78, 5) is 0. The third kappa shape index (κ3) is 3.07. The van der Waals surface area contributed by atoms with Crippen molar-refractivity contribution in [2.75, 3.05) is 6.61 Å². The molecular formula is C11H17NO. The van der Waals surface area contributed by atoms with E-state index in [1.165, 1.54) is 0 Å². The van der Waals surface area contributed by atoms with Crippen LogP contribution < -0.4 is 10.5 Å². The van der Waals surface area contributed by atoms with E-state index in [2.05, 4.69) is 6.92 Å². The Morgan fingerprint density at radius 2 is 2.23 bits per heavy atom. The van der Waals surface area contributed by atoms with Gasteiger partial charge < -0.3 is 10.5 Å². The van der Waals surface area contributed by atoms with Gasteiger partial charge in [0.15, 0.2) is 0 Å². The second-order valence-electron chi connectivity index (χ2n) is 3.21. The van der Waals surface area contributed by atoms with Crippen LogP contribution in [0.15, 0.2) is 24.3 Å². The molecule has 0 aliphatic heterocycles. The van der Waals surface area contributed by atoms with Crippen molar-refractivity contribution in [2.24, 2.45) is 5.73 Å². The second kappa shape index (κ2) is 4.87. The first kappa shape index (κ1) is 10.1. The molecule has 0 unspecified atom stereocenters. The van der Waals surface area contributed by atoms with Crippen LogP contribution in [0.3, 0.4) is 0 Å². The minimum atomic E-state index is 0.0742. The topological polar surface area (TPSA) is 35.2 Å². The van der Waals surface area contributed by atoms with Gasteiger partial charge in [0.25, 0.3) is 0 Å². The van der Waals surface area contributed by atoms with Crippen LogP contribution >= 0.6 is 0 Å². The van der Waals surface area contributed by atoms with Crippen molar-refractivity contribution in [1.82, 2.24) is 0 Å². The number of hydrogen-bond acceptors (Lipinski definition) is 2. The van der Waals surface area contributed by atoms with Crippen LogP contribution in [0.25, 0.3) is 0 Å². The van der Waals surface area contributed by atoms with Gasteiger partial charge in [-0.25, -0.2) is 0 Å². The summed E-state index contributed by atoms with van der Waals surface area (Å²) in [5, 5.41) is 0. The predicted octanol–water partition coefficient (Wildman–Crippen LogP) is 2.50. The van der Waals surface area contributed by atoms with Crippen LogP contribution in [-0.2, 0) is 0 Å². The van der Waals surface area contributed by atoms with Gasteiger partial charge in [-0.05, 0) is 31.0 Å². The van der Waals surface area contributed by atoms with Gasteiger partial charge in [-0.3, -0.25) is 0 Å². The minimum Gasteiger partial charge on any atom is -0.494 e. The van der Waals surface area contributed by atoms with E-state index in [9.17, 15) is 0 Å². The SMILES string of the molecule is CCCOc1cccc([C@@H](C)N)c1. The number of ether oxygens (including phenoxy) is 1. The largest absolute Gasteiger partial charge is 0.494 e. The van der Waals surface area contributed by atoms with Crippen molar-refractivity contribution in [1.29, 1.82) is 0 Å². The molecule has 2 N–H and O–H groups in total. The fraction of sp³-hybridized carbons (Fsp3) is 0.455. The molecule has 72 valence electrons. The Kier molecular flexibility index (Phi) is 3.77. The quantitative estimate of drug-likeness (QED) is 0.770. The van der Waals surface area contributed by atoms with E-state index in [1.807, 2.05) is 31.2 Å². The highest BCUT2D eigenvalue weighted by molar-refractivity contribution is 5.30. The molecule has 0 amide bonds. The Hall–Kier alpha value is -1.02. The molecule has 2 heteroatoms. The summed E-state index contributed by atoms with van der Waals surface area (Å²) in [5.74, 6) is 0.914. The summed E-state index contributed by atoms with van der Waals surface area (Å²) >= 11 is 0. The fourth-order valence-corrected chi connectivity index (χ4v) is 1.11. The van der Waals surface area contributed by atoms with Crippen molar-refractivity contribution >= 4 is 0 Å². The molecule has 0 bridgehead atoms. The molecule has 1 aromatic carbocycles. The van der Waals surface area contributed by atoms with E-state index in [0.29, 0.717) is 0 Å². The highest BCUT2D eigenvalue weighted by Gasteiger charge is 2.00. The lowest BCUT2D eigenvalue weighted by Gasteiger charge is -2.08. The first-order valence-electron chi connectivity index (χ1n) is 4.72. The molecule has 1 aromatic rings. The van der Waals surface area contributed by atoms with E-state index in [1.54, 1.807) is 0 Å². The Bertz CT molecular complexity index is 258. The highest BCUT2D eigenvalue weighted by Crippen LogP contribution is 2.17. The van der Waals surface area contributed by atoms with Crippen LogP contribution in [0.2, 0.25) is 0 Å². The summed E-state index contributed by atoms with van der Waals surface area (Å²) in [6, 6.07) is 8.03. The zero-order valence-electron chi connectivity index (χ0n) is 8.29. The molecule has 2 nitrogen and oxygen atoms in total. The Labute approximate surface area is 79.7 Å². The molecule has 0 saturated carbocycles. The molecule has 13 heavy (non-hydrogen) atoms. The summed E-state index contributed by atoms with van der Waals surface area (Å²) in [7, 11) is 0. The van der Waals surface area contributed by atoms with Gasteiger partial charge in [0.1, 0.15) is 5.75 Å². The van der Waals surface area contributed by atoms with Gasteiger partial charge in [-0.2, -0.15) is 0 Å². The molecular weight excluding hydrogens is 162 g/mol. The average molecular weight is 179 g/mol. The summed E-state index contributed by atoms with van der Waals surface area (Å²) in [6.07, 6.45) is 1.03. The second-order valence-corrected chi connectivity index (χ2v) is 3.21. The van der Waals surface area contributed by atoms with Crippen molar-refractivity contribution in [3.63, 3.8) is 0 Å². The zero-order chi connectivity index (χ0) is 9.68. The monoisotopic (exact) mass is 179 g/mol. The van der Waals surface area contributed by atoms with Gasteiger partial charge in [0, 0.05) is 6.04 Å². The van der Waals surface area contributed by atoms with Crippen LogP contribution in [0.4, 0.5) is 0 Å². The Morgan fingerprint density at radius 3 is 2.85 bits per heavy atom. The number of hydrogen-bond donors (Lipinski definition) is 1. The molecule has 0 heterocycles. The minimum absolute atomic E-state index is 0.0742. The highest BCUT2D eigenvalue weighted by atomic mass is 16.5. The Morgan fingerprint density at radius 1 is 1.46 bits per heavy atom. The van der Waals surface area contributed by atoms with E-state index in [0.717, 1.165) is 24.3 Å². The summed E-state index contributed by atoms with van der Waals surface area (Å²) in [6.45, 7) is 4.83. The van der Waals surface area contributed by atoms with Crippen LogP contribution in [0.1, 0.15) is 31.9 Å². The van der Waals surface area contributed by atoms with Crippen molar-refractivity contribution < 1.29 is 4.74 Å². The van der Waals surface area contributed by atoms with Gasteiger partial charge in [-0.15, -0.1) is 0 Å². The summed E-state index contributed by atoms with van der Waals surface area (Å²) < 4.78 is 5.49. The lowest BCUT2D eigenvalue weighted by Crippen LogP contribution is -2.05. The number of benzene rings is 1. The molecule has 0 spiro atoms. The Balaban J connectivity index is 2.68. The molecule has 0 aliphatic rings.